The first-order chi connectivity index (χ1) is 18.5. The molecule has 5 nitrogen and oxygen atoms in total. The molecule has 4 aromatic rings. The number of fused-ring (bicyclic) bond motifs is 1. The molecular formula is C32H33BrN2O3. The Hall–Kier alpha value is -3.64. The zero-order valence-electron chi connectivity index (χ0n) is 21.9. The molecule has 2 amide bonds. The molecular weight excluding hydrogens is 540 g/mol. The van der Waals surface area contributed by atoms with E-state index in [1.807, 2.05) is 55.5 Å². The first-order valence-corrected chi connectivity index (χ1v) is 13.9. The summed E-state index contributed by atoms with van der Waals surface area (Å²) in [5.41, 5.74) is 2.57. The molecule has 0 saturated heterocycles. The Kier molecular flexibility index (Phi) is 9.55. The molecule has 6 heteroatoms. The van der Waals surface area contributed by atoms with Crippen molar-refractivity contribution in [2.75, 3.05) is 23.4 Å². The Morgan fingerprint density at radius 1 is 0.842 bits per heavy atom. The molecule has 0 saturated carbocycles. The highest BCUT2D eigenvalue weighted by Crippen LogP contribution is 2.29. The fourth-order valence-electron chi connectivity index (χ4n) is 4.39. The van der Waals surface area contributed by atoms with Crippen LogP contribution in [0.15, 0.2) is 89.4 Å². The number of carbonyl (C=O) groups is 2. The molecule has 4 aromatic carbocycles. The monoisotopic (exact) mass is 572 g/mol. The number of carbonyl (C=O) groups excluding carboxylic acids is 2. The number of hydrogen-bond acceptors (Lipinski definition) is 3. The largest absolute Gasteiger partial charge is 0.492 e. The van der Waals surface area contributed by atoms with Crippen molar-refractivity contribution >= 4 is 49.9 Å². The molecule has 0 unspecified atom stereocenters. The van der Waals surface area contributed by atoms with Crippen LogP contribution < -0.4 is 15.0 Å². The molecule has 1 N–H and O–H groups in total. The van der Waals surface area contributed by atoms with E-state index in [0.29, 0.717) is 30.0 Å². The second-order valence-corrected chi connectivity index (χ2v) is 9.99. The minimum Gasteiger partial charge on any atom is -0.492 e. The van der Waals surface area contributed by atoms with E-state index in [9.17, 15) is 9.59 Å². The van der Waals surface area contributed by atoms with Gasteiger partial charge < -0.3 is 15.0 Å². The number of anilines is 2. The molecule has 0 atom stereocenters. The van der Waals surface area contributed by atoms with Gasteiger partial charge >= 0.3 is 0 Å². The van der Waals surface area contributed by atoms with E-state index in [1.54, 1.807) is 41.3 Å². The summed E-state index contributed by atoms with van der Waals surface area (Å²) in [5.74, 6) is 0.411. The molecule has 0 bridgehead atoms. The van der Waals surface area contributed by atoms with E-state index in [4.69, 9.17) is 4.74 Å². The van der Waals surface area contributed by atoms with Gasteiger partial charge in [0.2, 0.25) is 0 Å². The molecule has 38 heavy (non-hydrogen) atoms. The van der Waals surface area contributed by atoms with E-state index in [2.05, 4.69) is 28.2 Å². The maximum atomic E-state index is 13.4. The summed E-state index contributed by atoms with van der Waals surface area (Å²) in [7, 11) is 0. The number of nitrogens with zero attached hydrogens (tertiary/aromatic N) is 1. The van der Waals surface area contributed by atoms with Crippen molar-refractivity contribution in [2.45, 2.75) is 39.5 Å². The van der Waals surface area contributed by atoms with Crippen LogP contribution in [0, 0.1) is 0 Å². The average molecular weight is 574 g/mol. The number of halogens is 1. The number of benzene rings is 4. The highest BCUT2D eigenvalue weighted by molar-refractivity contribution is 9.10. The Balaban J connectivity index is 1.41. The number of rotatable bonds is 11. The summed E-state index contributed by atoms with van der Waals surface area (Å²) in [5, 5.41) is 5.04. The van der Waals surface area contributed by atoms with Gasteiger partial charge in [-0.1, -0.05) is 62.6 Å². The summed E-state index contributed by atoms with van der Waals surface area (Å²) in [4.78, 5) is 28.0. The molecule has 0 aliphatic heterocycles. The van der Waals surface area contributed by atoms with Crippen LogP contribution in [0.5, 0.6) is 5.75 Å². The van der Waals surface area contributed by atoms with Crippen molar-refractivity contribution in [3.8, 4) is 5.75 Å². The van der Waals surface area contributed by atoms with Crippen LogP contribution in [0.1, 0.15) is 60.2 Å². The van der Waals surface area contributed by atoms with E-state index >= 15 is 0 Å². The van der Waals surface area contributed by atoms with Gasteiger partial charge in [-0.3, -0.25) is 9.59 Å². The first kappa shape index (κ1) is 27.4. The van der Waals surface area contributed by atoms with Crippen molar-refractivity contribution < 1.29 is 14.3 Å². The Labute approximate surface area is 232 Å². The lowest BCUT2D eigenvalue weighted by Gasteiger charge is -2.23. The fourth-order valence-corrected chi connectivity index (χ4v) is 4.89. The van der Waals surface area contributed by atoms with Crippen molar-refractivity contribution in [3.05, 3.63) is 101 Å². The van der Waals surface area contributed by atoms with Gasteiger partial charge in [0.25, 0.3) is 11.8 Å². The van der Waals surface area contributed by atoms with Gasteiger partial charge in [-0.15, -0.1) is 0 Å². The van der Waals surface area contributed by atoms with Crippen LogP contribution >= 0.6 is 15.9 Å². The fraction of sp³-hybridized carbons (Fsp3) is 0.250. The third-order valence-corrected chi connectivity index (χ3v) is 7.08. The Morgan fingerprint density at radius 2 is 1.58 bits per heavy atom. The zero-order chi connectivity index (χ0) is 26.9. The number of ether oxygens (including phenoxy) is 1. The number of unbranched alkanes of at least 4 members (excludes halogenated alkanes) is 3. The molecule has 196 valence electrons. The lowest BCUT2D eigenvalue weighted by molar-refractivity contribution is 0.0987. The quantitative estimate of drug-likeness (QED) is 0.183. The molecule has 0 radical (unpaired) electrons. The van der Waals surface area contributed by atoms with Gasteiger partial charge in [0, 0.05) is 28.7 Å². The average Bonchev–Trinajstić information content (AvgIpc) is 2.94. The van der Waals surface area contributed by atoms with Gasteiger partial charge in [0.05, 0.1) is 16.8 Å². The lowest BCUT2D eigenvalue weighted by Crippen LogP contribution is -2.30. The Bertz CT molecular complexity index is 1400. The summed E-state index contributed by atoms with van der Waals surface area (Å²) in [6, 6.07) is 26.4. The topological polar surface area (TPSA) is 58.6 Å². The molecule has 0 aliphatic carbocycles. The molecule has 0 heterocycles. The number of nitrogens with one attached hydrogen (secondary N) is 1. The molecule has 0 aliphatic rings. The zero-order valence-corrected chi connectivity index (χ0v) is 23.5. The van der Waals surface area contributed by atoms with Crippen LogP contribution in [0.2, 0.25) is 0 Å². The number of hydrogen-bond donors (Lipinski definition) is 1. The minimum atomic E-state index is -0.231. The van der Waals surface area contributed by atoms with Gasteiger partial charge in [-0.05, 0) is 83.2 Å². The molecule has 0 fully saturated rings. The summed E-state index contributed by atoms with van der Waals surface area (Å²) in [6.45, 7) is 5.35. The smallest absolute Gasteiger partial charge is 0.258 e. The van der Waals surface area contributed by atoms with Crippen LogP contribution in [0.25, 0.3) is 10.8 Å². The SMILES string of the molecule is CCCCCCOc1ccc(C(=O)Nc2ccc(C(=O)N(CC)c3cccc4ccccc34)cc2)cc1Br. The van der Waals surface area contributed by atoms with E-state index in [0.717, 1.165) is 39.5 Å². The second-order valence-electron chi connectivity index (χ2n) is 9.13. The van der Waals surface area contributed by atoms with E-state index in [-0.39, 0.29) is 11.8 Å². The van der Waals surface area contributed by atoms with Crippen LogP contribution in [0.3, 0.4) is 0 Å². The highest BCUT2D eigenvalue weighted by Gasteiger charge is 2.18. The van der Waals surface area contributed by atoms with Gasteiger partial charge in [-0.25, -0.2) is 0 Å². The molecule has 0 spiro atoms. The number of amides is 2. The van der Waals surface area contributed by atoms with Crippen LogP contribution in [-0.2, 0) is 0 Å². The standard InChI is InChI=1S/C32H33BrN2O3/c1-3-5-6-9-21-38-30-20-17-25(22-28(30)33)31(36)34-26-18-15-24(16-19-26)32(37)35(4-2)29-14-10-12-23-11-7-8-13-27(23)29/h7-8,10-20,22H,3-6,9,21H2,1-2H3,(H,34,36). The highest BCUT2D eigenvalue weighted by atomic mass is 79.9. The van der Waals surface area contributed by atoms with E-state index < -0.39 is 0 Å². The summed E-state index contributed by atoms with van der Waals surface area (Å²) < 4.78 is 6.59. The maximum Gasteiger partial charge on any atom is 0.258 e. The van der Waals surface area contributed by atoms with Gasteiger partial charge in [-0.2, -0.15) is 0 Å². The third-order valence-electron chi connectivity index (χ3n) is 6.46. The van der Waals surface area contributed by atoms with Crippen molar-refractivity contribution in [2.24, 2.45) is 0 Å². The normalized spacial score (nSPS) is 10.8. The van der Waals surface area contributed by atoms with Crippen molar-refractivity contribution in [1.29, 1.82) is 0 Å². The maximum absolute atomic E-state index is 13.4. The molecule has 0 aromatic heterocycles. The lowest BCUT2D eigenvalue weighted by atomic mass is 10.1. The third kappa shape index (κ3) is 6.62. The van der Waals surface area contributed by atoms with Crippen molar-refractivity contribution in [1.82, 2.24) is 0 Å². The summed E-state index contributed by atoms with van der Waals surface area (Å²) >= 11 is 3.52. The van der Waals surface area contributed by atoms with Crippen molar-refractivity contribution in [3.63, 3.8) is 0 Å². The second kappa shape index (κ2) is 13.2. The first-order valence-electron chi connectivity index (χ1n) is 13.1. The minimum absolute atomic E-state index is 0.0871. The predicted molar refractivity (Wildman–Crippen MR) is 159 cm³/mol. The molecule has 4 rings (SSSR count). The van der Waals surface area contributed by atoms with Crippen LogP contribution in [0.4, 0.5) is 11.4 Å². The Morgan fingerprint density at radius 3 is 2.32 bits per heavy atom. The van der Waals surface area contributed by atoms with Gasteiger partial charge in [0.1, 0.15) is 5.75 Å². The van der Waals surface area contributed by atoms with Crippen LogP contribution in [-0.4, -0.2) is 25.0 Å². The summed E-state index contributed by atoms with van der Waals surface area (Å²) in [6.07, 6.45) is 4.56. The van der Waals surface area contributed by atoms with Gasteiger partial charge in [0.15, 0.2) is 0 Å². The predicted octanol–water partition coefficient (Wildman–Crippen LogP) is 8.48. The van der Waals surface area contributed by atoms with E-state index in [1.165, 1.54) is 12.8 Å².